The molecule has 1 atom stereocenters. The van der Waals surface area contributed by atoms with Crippen LogP contribution < -0.4 is 5.32 Å². The molecule has 1 unspecified atom stereocenters. The second kappa shape index (κ2) is 9.67. The van der Waals surface area contributed by atoms with Crippen LogP contribution in [0.2, 0.25) is 5.15 Å². The van der Waals surface area contributed by atoms with Gasteiger partial charge >= 0.3 is 12.2 Å². The Labute approximate surface area is 187 Å². The highest BCUT2D eigenvalue weighted by molar-refractivity contribution is 6.30. The lowest BCUT2D eigenvalue weighted by atomic mass is 10.1. The summed E-state index contributed by atoms with van der Waals surface area (Å²) in [6.07, 6.45) is 1.73. The van der Waals surface area contributed by atoms with Gasteiger partial charge in [0.25, 0.3) is 0 Å². The van der Waals surface area contributed by atoms with Gasteiger partial charge in [0, 0.05) is 25.5 Å². The maximum atomic E-state index is 13.0. The average Bonchev–Trinajstić information content (AvgIpc) is 2.64. The van der Waals surface area contributed by atoms with Gasteiger partial charge in [-0.2, -0.15) is 0 Å². The van der Waals surface area contributed by atoms with E-state index in [1.807, 2.05) is 0 Å². The molecule has 1 N–H and O–H groups in total. The number of ether oxygens (including phenoxy) is 2. The molecule has 0 aliphatic carbocycles. The molecule has 1 aromatic heterocycles. The predicted molar refractivity (Wildman–Crippen MR) is 113 cm³/mol. The second-order valence-electron chi connectivity index (χ2n) is 9.13. The second-order valence-corrected chi connectivity index (χ2v) is 9.49. The summed E-state index contributed by atoms with van der Waals surface area (Å²) in [7, 11) is 0. The number of nitrogens with one attached hydrogen (secondary N) is 1. The Morgan fingerprint density at radius 2 is 1.61 bits per heavy atom. The van der Waals surface area contributed by atoms with Gasteiger partial charge in [-0.3, -0.25) is 14.7 Å². The summed E-state index contributed by atoms with van der Waals surface area (Å²) in [5, 5.41) is 2.88. The predicted octanol–water partition coefficient (Wildman–Crippen LogP) is 2.60. The largest absolute Gasteiger partial charge is 0.444 e. The molecule has 0 aromatic carbocycles. The zero-order chi connectivity index (χ0) is 23.4. The molecule has 2 heterocycles. The molecule has 1 aromatic rings. The maximum absolute atomic E-state index is 13.0. The third-order valence-electron chi connectivity index (χ3n) is 4.12. The van der Waals surface area contributed by atoms with Crippen molar-refractivity contribution >= 4 is 29.7 Å². The van der Waals surface area contributed by atoms with E-state index in [0.29, 0.717) is 5.69 Å². The molecule has 11 heteroatoms. The maximum Gasteiger partial charge on any atom is 0.411 e. The summed E-state index contributed by atoms with van der Waals surface area (Å²) in [5.74, 6) is -0.471. The van der Waals surface area contributed by atoms with Crippen LogP contribution in [-0.4, -0.2) is 74.7 Å². The van der Waals surface area contributed by atoms with Crippen molar-refractivity contribution in [1.29, 1.82) is 0 Å². The van der Waals surface area contributed by atoms with Gasteiger partial charge in [-0.15, -0.1) is 0 Å². The van der Waals surface area contributed by atoms with Gasteiger partial charge in [-0.1, -0.05) is 11.6 Å². The van der Waals surface area contributed by atoms with Crippen molar-refractivity contribution in [3.8, 4) is 0 Å². The molecule has 1 aliphatic rings. The summed E-state index contributed by atoms with van der Waals surface area (Å²) in [6.45, 7) is 10.8. The third kappa shape index (κ3) is 7.54. The highest BCUT2D eigenvalue weighted by atomic mass is 35.5. The summed E-state index contributed by atoms with van der Waals surface area (Å²) in [6, 6.07) is -0.966. The smallest absolute Gasteiger partial charge is 0.411 e. The first-order valence-corrected chi connectivity index (χ1v) is 10.4. The number of rotatable bonds is 3. The zero-order valence-electron chi connectivity index (χ0n) is 18.8. The highest BCUT2D eigenvalue weighted by Gasteiger charge is 2.40. The number of carbonyl (C=O) groups excluding carboxylic acids is 3. The number of nitrogens with zero attached hydrogens (tertiary/aromatic N) is 4. The van der Waals surface area contributed by atoms with Crippen LogP contribution in [0.3, 0.4) is 0 Å². The summed E-state index contributed by atoms with van der Waals surface area (Å²) >= 11 is 5.99. The van der Waals surface area contributed by atoms with E-state index < -0.39 is 35.3 Å². The van der Waals surface area contributed by atoms with Gasteiger partial charge in [0.05, 0.1) is 18.8 Å². The van der Waals surface area contributed by atoms with Crippen LogP contribution in [-0.2, 0) is 20.8 Å². The van der Waals surface area contributed by atoms with E-state index in [4.69, 9.17) is 21.1 Å². The Bertz CT molecular complexity index is 821. The fourth-order valence-electron chi connectivity index (χ4n) is 2.80. The molecule has 1 fully saturated rings. The number of halogens is 1. The molecule has 31 heavy (non-hydrogen) atoms. The van der Waals surface area contributed by atoms with Crippen molar-refractivity contribution in [2.45, 2.75) is 65.3 Å². The van der Waals surface area contributed by atoms with E-state index in [1.54, 1.807) is 41.5 Å². The molecule has 0 spiro atoms. The van der Waals surface area contributed by atoms with E-state index in [2.05, 4.69) is 15.3 Å². The Kier molecular flexibility index (Phi) is 7.69. The van der Waals surface area contributed by atoms with Crippen LogP contribution in [0, 0.1) is 0 Å². The van der Waals surface area contributed by atoms with Crippen molar-refractivity contribution < 1.29 is 23.9 Å². The number of amides is 3. The third-order valence-corrected chi connectivity index (χ3v) is 4.43. The minimum absolute atomic E-state index is 0.0244. The molecule has 10 nitrogen and oxygen atoms in total. The fourth-order valence-corrected chi connectivity index (χ4v) is 2.97. The molecular weight excluding hydrogens is 426 g/mol. The van der Waals surface area contributed by atoms with Crippen LogP contribution in [0.5, 0.6) is 0 Å². The van der Waals surface area contributed by atoms with Crippen molar-refractivity contribution in [3.05, 3.63) is 23.2 Å². The van der Waals surface area contributed by atoms with Crippen molar-refractivity contribution in [2.75, 3.05) is 19.6 Å². The Balaban J connectivity index is 2.16. The van der Waals surface area contributed by atoms with E-state index in [9.17, 15) is 14.4 Å². The molecule has 0 saturated carbocycles. The Morgan fingerprint density at radius 3 is 2.19 bits per heavy atom. The first kappa shape index (κ1) is 24.6. The quantitative estimate of drug-likeness (QED) is 0.744. The monoisotopic (exact) mass is 455 g/mol. The van der Waals surface area contributed by atoms with Crippen LogP contribution in [0.4, 0.5) is 9.59 Å². The van der Waals surface area contributed by atoms with Gasteiger partial charge < -0.3 is 19.7 Å². The number of hydrogen-bond donors (Lipinski definition) is 1. The van der Waals surface area contributed by atoms with Gasteiger partial charge in [-0.05, 0) is 41.5 Å². The number of aromatic nitrogens is 2. The molecule has 3 amide bonds. The van der Waals surface area contributed by atoms with Gasteiger partial charge in [-0.25, -0.2) is 14.6 Å². The lowest BCUT2D eigenvalue weighted by Gasteiger charge is -2.40. The van der Waals surface area contributed by atoms with Gasteiger partial charge in [0.2, 0.25) is 5.91 Å². The molecule has 0 radical (unpaired) electrons. The number of carbonyl (C=O) groups is 3. The van der Waals surface area contributed by atoms with Crippen LogP contribution in [0.15, 0.2) is 12.4 Å². The van der Waals surface area contributed by atoms with Crippen molar-refractivity contribution in [1.82, 2.24) is 25.1 Å². The minimum atomic E-state index is -0.966. The molecule has 0 bridgehead atoms. The topological polar surface area (TPSA) is 114 Å². The summed E-state index contributed by atoms with van der Waals surface area (Å²) in [5.41, 5.74) is -1.02. The Hall–Kier alpha value is -2.62. The van der Waals surface area contributed by atoms with Crippen molar-refractivity contribution in [3.63, 3.8) is 0 Å². The lowest BCUT2D eigenvalue weighted by Crippen LogP contribution is -2.62. The van der Waals surface area contributed by atoms with Crippen LogP contribution >= 0.6 is 11.6 Å². The molecule has 2 rings (SSSR count). The highest BCUT2D eigenvalue weighted by Crippen LogP contribution is 2.19. The minimum Gasteiger partial charge on any atom is -0.444 e. The van der Waals surface area contributed by atoms with Gasteiger partial charge in [0.1, 0.15) is 17.2 Å². The Morgan fingerprint density at radius 1 is 1.03 bits per heavy atom. The SMILES string of the molecule is CC(C)(C)OC(=O)N1CCN(C(=O)OC(C)(C)C)C(C(=O)NCc2nccnc2Cl)C1. The number of hydrogen-bond acceptors (Lipinski definition) is 7. The van der Waals surface area contributed by atoms with Crippen molar-refractivity contribution in [2.24, 2.45) is 0 Å². The normalized spacial score (nSPS) is 17.2. The molecule has 172 valence electrons. The molecule has 1 aliphatic heterocycles. The van der Waals surface area contributed by atoms with E-state index in [0.717, 1.165) is 0 Å². The van der Waals surface area contributed by atoms with Crippen LogP contribution in [0.1, 0.15) is 47.2 Å². The summed E-state index contributed by atoms with van der Waals surface area (Å²) in [4.78, 5) is 48.9. The van der Waals surface area contributed by atoms with E-state index in [-0.39, 0.29) is 31.3 Å². The first-order valence-electron chi connectivity index (χ1n) is 9.97. The fraction of sp³-hybridized carbons (Fsp3) is 0.650. The average molecular weight is 456 g/mol. The van der Waals surface area contributed by atoms with Crippen LogP contribution in [0.25, 0.3) is 0 Å². The first-order chi connectivity index (χ1) is 14.3. The lowest BCUT2D eigenvalue weighted by molar-refractivity contribution is -0.128. The summed E-state index contributed by atoms with van der Waals surface area (Å²) < 4.78 is 10.9. The standard InChI is InChI=1S/C20H30ClN5O5/c1-19(2,3)30-17(28)25-9-10-26(18(29)31-20(4,5)6)14(12-25)16(27)24-11-13-15(21)23-8-7-22-13/h7-8,14H,9-12H2,1-6H3,(H,24,27). The zero-order valence-corrected chi connectivity index (χ0v) is 19.5. The van der Waals surface area contributed by atoms with E-state index >= 15 is 0 Å². The molecule has 1 saturated heterocycles. The van der Waals surface area contributed by atoms with E-state index in [1.165, 1.54) is 22.2 Å². The van der Waals surface area contributed by atoms with Gasteiger partial charge in [0.15, 0.2) is 5.15 Å². The number of piperazine rings is 1. The molecular formula is C20H30ClN5O5.